The molecule has 0 bridgehead atoms. The third-order valence-corrected chi connectivity index (χ3v) is 8.74. The van der Waals surface area contributed by atoms with Gasteiger partial charge in [-0.05, 0) is 77.6 Å². The Kier molecular flexibility index (Phi) is 8.29. The van der Waals surface area contributed by atoms with E-state index in [2.05, 4.69) is 115 Å². The van der Waals surface area contributed by atoms with Gasteiger partial charge in [-0.25, -0.2) is 15.0 Å². The van der Waals surface area contributed by atoms with Crippen molar-refractivity contribution >= 4 is 0 Å². The van der Waals surface area contributed by atoms with E-state index in [-0.39, 0.29) is 0 Å². The molecule has 5 heteroatoms. The quantitative estimate of drug-likeness (QED) is 0.173. The molecule has 238 valence electrons. The molecule has 0 saturated heterocycles. The minimum atomic E-state index is 0.613. The van der Waals surface area contributed by atoms with Crippen LogP contribution in [-0.4, -0.2) is 24.9 Å². The van der Waals surface area contributed by atoms with Crippen molar-refractivity contribution in [3.63, 3.8) is 0 Å². The molecule has 0 aliphatic carbocycles. The predicted octanol–water partition coefficient (Wildman–Crippen LogP) is 10.9. The topological polar surface area (TPSA) is 64.5 Å². The van der Waals surface area contributed by atoms with E-state index in [4.69, 9.17) is 15.0 Å². The lowest BCUT2D eigenvalue weighted by Gasteiger charge is -2.13. The molecule has 0 aliphatic heterocycles. The second-order valence-corrected chi connectivity index (χ2v) is 12.4. The zero-order chi connectivity index (χ0) is 33.9. The molecule has 0 N–H and O–H groups in total. The van der Waals surface area contributed by atoms with Crippen LogP contribution in [0, 0.1) is 13.8 Å². The molecule has 3 aromatic heterocycles. The summed E-state index contributed by atoms with van der Waals surface area (Å²) in [4.78, 5) is 24.3. The Morgan fingerprint density at radius 3 is 1.04 bits per heavy atom. The first kappa shape index (κ1) is 30.7. The third-order valence-electron chi connectivity index (χ3n) is 8.74. The van der Waals surface area contributed by atoms with E-state index < -0.39 is 0 Å². The standard InChI is InChI=1S/C45H33N5/c1-30-13-23-41(46-28-30)34-19-15-32(16-20-34)38-25-39(33-17-21-35(22-18-33)42-24-14-31(2)29-47-42)27-40(26-38)45-49-43(36-9-5-3-6-10-36)48-44(50-45)37-11-7-4-8-12-37/h3-29H,1-2H3. The fraction of sp³-hybridized carbons (Fsp3) is 0.0444. The highest BCUT2D eigenvalue weighted by Gasteiger charge is 2.15. The lowest BCUT2D eigenvalue weighted by Crippen LogP contribution is -2.00. The Labute approximate surface area is 292 Å². The minimum Gasteiger partial charge on any atom is -0.256 e. The number of rotatable bonds is 7. The van der Waals surface area contributed by atoms with Crippen LogP contribution in [0.25, 0.3) is 78.9 Å². The van der Waals surface area contributed by atoms with Crippen molar-refractivity contribution in [1.29, 1.82) is 0 Å². The molecule has 8 rings (SSSR count). The lowest BCUT2D eigenvalue weighted by atomic mass is 9.94. The largest absolute Gasteiger partial charge is 0.256 e. The summed E-state index contributed by atoms with van der Waals surface area (Å²) in [7, 11) is 0. The average molecular weight is 644 g/mol. The van der Waals surface area contributed by atoms with E-state index >= 15 is 0 Å². The molecular weight excluding hydrogens is 611 g/mol. The van der Waals surface area contributed by atoms with Crippen LogP contribution in [0.2, 0.25) is 0 Å². The monoisotopic (exact) mass is 643 g/mol. The van der Waals surface area contributed by atoms with Crippen LogP contribution in [0.5, 0.6) is 0 Å². The minimum absolute atomic E-state index is 0.613. The van der Waals surface area contributed by atoms with Gasteiger partial charge in [0.1, 0.15) is 0 Å². The first-order valence-corrected chi connectivity index (χ1v) is 16.7. The fourth-order valence-electron chi connectivity index (χ4n) is 5.97. The second kappa shape index (κ2) is 13.5. The molecular formula is C45H33N5. The summed E-state index contributed by atoms with van der Waals surface area (Å²) in [5.41, 5.74) is 13.4. The van der Waals surface area contributed by atoms with Gasteiger partial charge in [-0.3, -0.25) is 9.97 Å². The highest BCUT2D eigenvalue weighted by atomic mass is 15.0. The Hall–Kier alpha value is -6.59. The molecule has 50 heavy (non-hydrogen) atoms. The molecule has 5 nitrogen and oxygen atoms in total. The van der Waals surface area contributed by atoms with Crippen LogP contribution in [0.4, 0.5) is 0 Å². The van der Waals surface area contributed by atoms with Gasteiger partial charge >= 0.3 is 0 Å². The predicted molar refractivity (Wildman–Crippen MR) is 203 cm³/mol. The van der Waals surface area contributed by atoms with E-state index in [1.807, 2.05) is 73.1 Å². The van der Waals surface area contributed by atoms with E-state index in [1.165, 1.54) is 0 Å². The van der Waals surface area contributed by atoms with Crippen molar-refractivity contribution in [1.82, 2.24) is 24.9 Å². The maximum Gasteiger partial charge on any atom is 0.164 e. The number of benzene rings is 5. The highest BCUT2D eigenvalue weighted by Crippen LogP contribution is 2.35. The van der Waals surface area contributed by atoms with Crippen LogP contribution >= 0.6 is 0 Å². The van der Waals surface area contributed by atoms with Crippen molar-refractivity contribution in [2.24, 2.45) is 0 Å². The summed E-state index contributed by atoms with van der Waals surface area (Å²) in [5, 5.41) is 0. The fourth-order valence-corrected chi connectivity index (χ4v) is 5.97. The Bertz CT molecular complexity index is 2220. The molecule has 0 saturated carbocycles. The van der Waals surface area contributed by atoms with Crippen LogP contribution in [0.1, 0.15) is 11.1 Å². The Morgan fingerprint density at radius 1 is 0.300 bits per heavy atom. The number of pyridine rings is 2. The van der Waals surface area contributed by atoms with Gasteiger partial charge in [0.15, 0.2) is 17.5 Å². The molecule has 0 atom stereocenters. The van der Waals surface area contributed by atoms with Crippen LogP contribution in [-0.2, 0) is 0 Å². The van der Waals surface area contributed by atoms with Crippen LogP contribution < -0.4 is 0 Å². The van der Waals surface area contributed by atoms with Gasteiger partial charge in [0.25, 0.3) is 0 Å². The number of aryl methyl sites for hydroxylation is 2. The van der Waals surface area contributed by atoms with Gasteiger partial charge < -0.3 is 0 Å². The Morgan fingerprint density at radius 2 is 0.660 bits per heavy atom. The molecule has 3 heterocycles. The summed E-state index contributed by atoms with van der Waals surface area (Å²) in [6, 6.07) is 52.2. The molecule has 8 aromatic rings. The summed E-state index contributed by atoms with van der Waals surface area (Å²) in [6.07, 6.45) is 3.81. The average Bonchev–Trinajstić information content (AvgIpc) is 3.19. The summed E-state index contributed by atoms with van der Waals surface area (Å²) < 4.78 is 0. The molecule has 0 radical (unpaired) electrons. The van der Waals surface area contributed by atoms with Crippen LogP contribution in [0.15, 0.2) is 164 Å². The van der Waals surface area contributed by atoms with E-state index in [0.717, 1.165) is 72.6 Å². The first-order valence-electron chi connectivity index (χ1n) is 16.7. The number of hydrogen-bond acceptors (Lipinski definition) is 5. The third kappa shape index (κ3) is 6.58. The van der Waals surface area contributed by atoms with Crippen molar-refractivity contribution < 1.29 is 0 Å². The normalized spacial score (nSPS) is 11.0. The second-order valence-electron chi connectivity index (χ2n) is 12.4. The molecule has 5 aromatic carbocycles. The van der Waals surface area contributed by atoms with Crippen molar-refractivity contribution in [3.8, 4) is 78.9 Å². The molecule has 0 aliphatic rings. The summed E-state index contributed by atoms with van der Waals surface area (Å²) >= 11 is 0. The van der Waals surface area contributed by atoms with E-state index in [0.29, 0.717) is 17.5 Å². The van der Waals surface area contributed by atoms with Gasteiger partial charge in [-0.2, -0.15) is 0 Å². The van der Waals surface area contributed by atoms with Crippen LogP contribution in [0.3, 0.4) is 0 Å². The zero-order valence-corrected chi connectivity index (χ0v) is 27.8. The molecule has 0 spiro atoms. The maximum atomic E-state index is 5.05. The lowest BCUT2D eigenvalue weighted by molar-refractivity contribution is 1.07. The van der Waals surface area contributed by atoms with Gasteiger partial charge in [-0.1, -0.05) is 121 Å². The summed E-state index contributed by atoms with van der Waals surface area (Å²) in [5.74, 6) is 1.87. The molecule has 0 amide bonds. The maximum absolute atomic E-state index is 5.05. The highest BCUT2D eigenvalue weighted by molar-refractivity contribution is 5.82. The van der Waals surface area contributed by atoms with Gasteiger partial charge in [0.05, 0.1) is 11.4 Å². The number of hydrogen-bond donors (Lipinski definition) is 0. The van der Waals surface area contributed by atoms with E-state index in [1.54, 1.807) is 0 Å². The first-order chi connectivity index (χ1) is 24.6. The van der Waals surface area contributed by atoms with E-state index in [9.17, 15) is 0 Å². The smallest absolute Gasteiger partial charge is 0.164 e. The SMILES string of the molecule is Cc1ccc(-c2ccc(-c3cc(-c4ccc(-c5ccc(C)cn5)cc4)cc(-c4nc(-c5ccccc5)nc(-c5ccccc5)n4)c3)cc2)nc1. The van der Waals surface area contributed by atoms with Gasteiger partial charge in [0, 0.05) is 40.2 Å². The number of nitrogens with zero attached hydrogens (tertiary/aromatic N) is 5. The molecule has 0 fully saturated rings. The summed E-state index contributed by atoms with van der Waals surface area (Å²) in [6.45, 7) is 4.10. The van der Waals surface area contributed by atoms with Crippen molar-refractivity contribution in [2.45, 2.75) is 13.8 Å². The van der Waals surface area contributed by atoms with Crippen molar-refractivity contribution in [3.05, 3.63) is 175 Å². The molecule has 0 unspecified atom stereocenters. The van der Waals surface area contributed by atoms with Gasteiger partial charge in [-0.15, -0.1) is 0 Å². The zero-order valence-electron chi connectivity index (χ0n) is 27.8. The Balaban J connectivity index is 1.26. The van der Waals surface area contributed by atoms with Gasteiger partial charge in [0.2, 0.25) is 0 Å². The number of aromatic nitrogens is 5. The van der Waals surface area contributed by atoms with Crippen molar-refractivity contribution in [2.75, 3.05) is 0 Å².